The molecule has 0 heterocycles. The second kappa shape index (κ2) is 2.60. The minimum atomic E-state index is 0.561. The van der Waals surface area contributed by atoms with Crippen LogP contribution in [0, 0.1) is 17.3 Å². The van der Waals surface area contributed by atoms with Crippen LogP contribution in [-0.4, -0.2) is 13.2 Å². The Balaban J connectivity index is 1.76. The maximum Gasteiger partial charge on any atom is 0.0525 e. The van der Waals surface area contributed by atoms with E-state index in [1.165, 1.54) is 25.7 Å². The van der Waals surface area contributed by atoms with Crippen LogP contribution < -0.4 is 0 Å². The van der Waals surface area contributed by atoms with E-state index in [1.807, 2.05) is 0 Å². The Hall–Kier alpha value is -0.300. The second-order valence-corrected chi connectivity index (χ2v) is 5.08. The van der Waals surface area contributed by atoms with Crippen LogP contribution in [-0.2, 0) is 4.74 Å². The third kappa shape index (κ3) is 1.03. The molecule has 1 nitrogen and oxygen atoms in total. The summed E-state index contributed by atoms with van der Waals surface area (Å²) >= 11 is 0. The van der Waals surface area contributed by atoms with E-state index < -0.39 is 0 Å². The molecule has 13 heavy (non-hydrogen) atoms. The molecule has 72 valence electrons. The van der Waals surface area contributed by atoms with Crippen molar-refractivity contribution in [1.29, 1.82) is 0 Å². The molecule has 0 aromatic heterocycles. The zero-order valence-corrected chi connectivity index (χ0v) is 8.38. The van der Waals surface area contributed by atoms with Gasteiger partial charge in [0.15, 0.2) is 0 Å². The molecule has 2 unspecified atom stereocenters. The van der Waals surface area contributed by atoms with Gasteiger partial charge in [-0.3, -0.25) is 0 Å². The molecular weight excluding hydrogens is 160 g/mol. The van der Waals surface area contributed by atoms with Gasteiger partial charge in [0.25, 0.3) is 0 Å². The fraction of sp³-hybridized carbons (Fsp3) is 0.833. The Labute approximate surface area is 80.2 Å². The monoisotopic (exact) mass is 178 g/mol. The number of hydrogen-bond donors (Lipinski definition) is 0. The highest BCUT2D eigenvalue weighted by Gasteiger charge is 2.52. The highest BCUT2D eigenvalue weighted by Crippen LogP contribution is 2.62. The van der Waals surface area contributed by atoms with E-state index in [-0.39, 0.29) is 0 Å². The first-order chi connectivity index (χ1) is 6.33. The summed E-state index contributed by atoms with van der Waals surface area (Å²) in [6, 6.07) is 0. The smallest absolute Gasteiger partial charge is 0.0525 e. The molecule has 2 atom stereocenters. The zero-order valence-electron chi connectivity index (χ0n) is 8.38. The van der Waals surface area contributed by atoms with E-state index in [0.717, 1.165) is 25.0 Å². The van der Waals surface area contributed by atoms with Gasteiger partial charge in [0.2, 0.25) is 0 Å². The standard InChI is InChI=1S/C12H18O/c1-2-13-8-12-4-3-11-9(6-12)5-10(11)7-12/h3,9-10H,2,4-8H2,1H3. The molecule has 0 amide bonds. The maximum absolute atomic E-state index is 5.63. The van der Waals surface area contributed by atoms with Gasteiger partial charge in [0.1, 0.15) is 0 Å². The second-order valence-electron chi connectivity index (χ2n) is 5.08. The molecule has 0 N–H and O–H groups in total. The molecule has 4 bridgehead atoms. The van der Waals surface area contributed by atoms with E-state index in [9.17, 15) is 0 Å². The Morgan fingerprint density at radius 1 is 1.46 bits per heavy atom. The van der Waals surface area contributed by atoms with E-state index in [4.69, 9.17) is 4.74 Å². The molecular formula is C12H18O. The number of fused-ring (bicyclic) bond motifs is 1. The third-order valence-corrected chi connectivity index (χ3v) is 4.25. The first-order valence-electron chi connectivity index (χ1n) is 5.61. The van der Waals surface area contributed by atoms with Crippen molar-refractivity contribution in [3.63, 3.8) is 0 Å². The van der Waals surface area contributed by atoms with Gasteiger partial charge in [-0.05, 0) is 49.9 Å². The van der Waals surface area contributed by atoms with Crippen LogP contribution >= 0.6 is 0 Å². The molecule has 5 aliphatic rings. The minimum Gasteiger partial charge on any atom is -0.381 e. The molecule has 0 saturated heterocycles. The van der Waals surface area contributed by atoms with E-state index in [2.05, 4.69) is 13.0 Å². The molecule has 0 spiro atoms. The Bertz CT molecular complexity index is 240. The van der Waals surface area contributed by atoms with Gasteiger partial charge in [-0.15, -0.1) is 0 Å². The molecule has 0 radical (unpaired) electrons. The van der Waals surface area contributed by atoms with Gasteiger partial charge in [0, 0.05) is 6.61 Å². The predicted octanol–water partition coefficient (Wildman–Crippen LogP) is 2.77. The maximum atomic E-state index is 5.63. The first kappa shape index (κ1) is 8.05. The Kier molecular flexibility index (Phi) is 1.61. The topological polar surface area (TPSA) is 9.23 Å². The van der Waals surface area contributed by atoms with Gasteiger partial charge in [-0.1, -0.05) is 11.6 Å². The minimum absolute atomic E-state index is 0.561. The molecule has 3 fully saturated rings. The van der Waals surface area contributed by atoms with Crippen molar-refractivity contribution in [2.24, 2.45) is 17.3 Å². The van der Waals surface area contributed by atoms with Crippen LogP contribution in [0.3, 0.4) is 0 Å². The van der Waals surface area contributed by atoms with Gasteiger partial charge >= 0.3 is 0 Å². The predicted molar refractivity (Wildman–Crippen MR) is 52.5 cm³/mol. The van der Waals surface area contributed by atoms with Crippen LogP contribution in [0.2, 0.25) is 0 Å². The lowest BCUT2D eigenvalue weighted by Gasteiger charge is -2.57. The van der Waals surface area contributed by atoms with Gasteiger partial charge in [0.05, 0.1) is 6.61 Å². The molecule has 5 aliphatic carbocycles. The molecule has 1 heteroatoms. The van der Waals surface area contributed by atoms with E-state index in [0.29, 0.717) is 5.41 Å². The number of hydrogen-bond acceptors (Lipinski definition) is 1. The summed E-state index contributed by atoms with van der Waals surface area (Å²) < 4.78 is 5.63. The lowest BCUT2D eigenvalue weighted by Crippen LogP contribution is -2.49. The summed E-state index contributed by atoms with van der Waals surface area (Å²) in [4.78, 5) is 0. The van der Waals surface area contributed by atoms with Crippen molar-refractivity contribution < 1.29 is 4.74 Å². The molecule has 0 aromatic carbocycles. The number of rotatable bonds is 3. The van der Waals surface area contributed by atoms with Gasteiger partial charge in [-0.25, -0.2) is 0 Å². The van der Waals surface area contributed by atoms with Crippen molar-refractivity contribution in [2.75, 3.05) is 13.2 Å². The molecule has 0 aliphatic heterocycles. The van der Waals surface area contributed by atoms with Crippen molar-refractivity contribution >= 4 is 0 Å². The van der Waals surface area contributed by atoms with Crippen molar-refractivity contribution in [3.8, 4) is 0 Å². The normalized spacial score (nSPS) is 45.8. The Morgan fingerprint density at radius 3 is 2.85 bits per heavy atom. The van der Waals surface area contributed by atoms with Crippen LogP contribution in [0.25, 0.3) is 0 Å². The highest BCUT2D eigenvalue weighted by atomic mass is 16.5. The van der Waals surface area contributed by atoms with E-state index >= 15 is 0 Å². The summed E-state index contributed by atoms with van der Waals surface area (Å²) in [6.45, 7) is 4.00. The van der Waals surface area contributed by atoms with Crippen LogP contribution in [0.15, 0.2) is 11.6 Å². The fourth-order valence-corrected chi connectivity index (χ4v) is 3.65. The highest BCUT2D eigenvalue weighted by molar-refractivity contribution is 5.30. The zero-order chi connectivity index (χ0) is 8.89. The number of ether oxygens (including phenoxy) is 1. The summed E-state index contributed by atoms with van der Waals surface area (Å²) in [5, 5.41) is 0. The average molecular weight is 178 g/mol. The lowest BCUT2D eigenvalue weighted by molar-refractivity contribution is -0.0349. The molecule has 5 rings (SSSR count). The van der Waals surface area contributed by atoms with Crippen LogP contribution in [0.1, 0.15) is 32.6 Å². The van der Waals surface area contributed by atoms with Gasteiger partial charge in [-0.2, -0.15) is 0 Å². The van der Waals surface area contributed by atoms with Crippen molar-refractivity contribution in [1.82, 2.24) is 0 Å². The lowest BCUT2D eigenvalue weighted by atomic mass is 9.48. The van der Waals surface area contributed by atoms with Crippen molar-refractivity contribution in [2.45, 2.75) is 32.6 Å². The fourth-order valence-electron chi connectivity index (χ4n) is 3.65. The van der Waals surface area contributed by atoms with Crippen LogP contribution in [0.5, 0.6) is 0 Å². The summed E-state index contributed by atoms with van der Waals surface area (Å²) in [7, 11) is 0. The van der Waals surface area contributed by atoms with Crippen LogP contribution in [0.4, 0.5) is 0 Å². The average Bonchev–Trinajstić information content (AvgIpc) is 2.15. The van der Waals surface area contributed by atoms with Gasteiger partial charge < -0.3 is 4.74 Å². The van der Waals surface area contributed by atoms with E-state index in [1.54, 1.807) is 5.57 Å². The summed E-state index contributed by atoms with van der Waals surface area (Å²) in [5.74, 6) is 1.93. The first-order valence-corrected chi connectivity index (χ1v) is 5.61. The number of allylic oxidation sites excluding steroid dienone is 2. The van der Waals surface area contributed by atoms with Crippen molar-refractivity contribution in [3.05, 3.63) is 11.6 Å². The Morgan fingerprint density at radius 2 is 2.23 bits per heavy atom. The summed E-state index contributed by atoms with van der Waals surface area (Å²) in [6.07, 6.45) is 8.16. The third-order valence-electron chi connectivity index (χ3n) is 4.25. The quantitative estimate of drug-likeness (QED) is 0.604. The largest absolute Gasteiger partial charge is 0.381 e. The summed E-state index contributed by atoms with van der Waals surface area (Å²) in [5.41, 5.74) is 2.36. The molecule has 3 saturated carbocycles. The molecule has 0 aromatic rings. The SMILES string of the molecule is CCOCC12CC=C3C(CC3C1)C2.